The highest BCUT2D eigenvalue weighted by Gasteiger charge is 2.34. The average molecular weight is 484 g/mol. The Morgan fingerprint density at radius 1 is 0.967 bits per heavy atom. The maximum atomic E-state index is 12.9. The third kappa shape index (κ3) is 6.59. The third-order valence-electron chi connectivity index (χ3n) is 3.62. The van der Waals surface area contributed by atoms with Gasteiger partial charge in [-0.25, -0.2) is 13.1 Å². The van der Waals surface area contributed by atoms with Gasteiger partial charge >= 0.3 is 6.18 Å². The summed E-state index contributed by atoms with van der Waals surface area (Å²) in [7, 11) is -4.32. The summed E-state index contributed by atoms with van der Waals surface area (Å²) in [5.41, 5.74) is 3.14. The van der Waals surface area contributed by atoms with Crippen molar-refractivity contribution in [3.63, 3.8) is 0 Å². The molecule has 13 heteroatoms. The summed E-state index contributed by atoms with van der Waals surface area (Å²) in [6.07, 6.45) is -5.22. The molecule has 0 unspecified atom stereocenters. The molecule has 0 fully saturated rings. The van der Waals surface area contributed by atoms with Crippen LogP contribution in [-0.4, -0.2) is 26.8 Å². The van der Waals surface area contributed by atoms with Crippen molar-refractivity contribution in [2.75, 3.05) is 6.54 Å². The molecule has 0 bridgehead atoms. The second kappa shape index (κ2) is 9.65. The van der Waals surface area contributed by atoms with Gasteiger partial charge in [0.1, 0.15) is 0 Å². The molecular formula is C17H14Cl2F3N3O4S. The maximum Gasteiger partial charge on any atom is 0.417 e. The Morgan fingerprint density at radius 3 is 2.20 bits per heavy atom. The number of amides is 2. The van der Waals surface area contributed by atoms with Crippen LogP contribution in [0.3, 0.4) is 0 Å². The molecule has 0 saturated heterocycles. The van der Waals surface area contributed by atoms with Crippen LogP contribution in [0, 0.1) is 0 Å². The molecule has 0 aliphatic heterocycles. The van der Waals surface area contributed by atoms with Crippen molar-refractivity contribution in [3.05, 3.63) is 63.6 Å². The van der Waals surface area contributed by atoms with Crippen LogP contribution in [-0.2, 0) is 21.0 Å². The van der Waals surface area contributed by atoms with Crippen molar-refractivity contribution < 1.29 is 31.2 Å². The van der Waals surface area contributed by atoms with Gasteiger partial charge in [-0.05, 0) is 42.5 Å². The van der Waals surface area contributed by atoms with E-state index in [1.807, 2.05) is 4.72 Å². The van der Waals surface area contributed by atoms with Crippen LogP contribution >= 0.6 is 23.2 Å². The van der Waals surface area contributed by atoms with Crippen LogP contribution in [0.15, 0.2) is 47.4 Å². The Morgan fingerprint density at radius 2 is 1.60 bits per heavy atom. The summed E-state index contributed by atoms with van der Waals surface area (Å²) in [5, 5.41) is -0.219. The molecule has 0 aromatic heterocycles. The van der Waals surface area contributed by atoms with Gasteiger partial charge in [0.05, 0.1) is 15.5 Å². The molecule has 162 valence electrons. The molecule has 2 amide bonds. The Balaban J connectivity index is 1.89. The fraction of sp³-hybridized carbons (Fsp3) is 0.176. The molecule has 2 rings (SSSR count). The molecule has 0 aliphatic carbocycles. The molecule has 0 atom stereocenters. The van der Waals surface area contributed by atoms with E-state index in [2.05, 4.69) is 10.9 Å². The molecule has 7 nitrogen and oxygen atoms in total. The number of carbonyl (C=O) groups is 2. The third-order valence-corrected chi connectivity index (χ3v) is 5.66. The topological polar surface area (TPSA) is 104 Å². The summed E-state index contributed by atoms with van der Waals surface area (Å²) >= 11 is 11.2. The fourth-order valence-corrected chi connectivity index (χ4v) is 3.54. The quantitative estimate of drug-likeness (QED) is 0.548. The predicted molar refractivity (Wildman–Crippen MR) is 103 cm³/mol. The lowest BCUT2D eigenvalue weighted by molar-refractivity contribution is -0.137. The number of halogens is 5. The first-order valence-corrected chi connectivity index (χ1v) is 10.4. The minimum absolute atomic E-state index is 0.226. The van der Waals surface area contributed by atoms with E-state index < -0.39 is 50.0 Å². The van der Waals surface area contributed by atoms with Crippen LogP contribution in [0.5, 0.6) is 0 Å². The molecule has 0 radical (unpaired) electrons. The lowest BCUT2D eigenvalue weighted by atomic mass is 10.2. The van der Waals surface area contributed by atoms with E-state index in [0.29, 0.717) is 11.1 Å². The first kappa shape index (κ1) is 23.9. The molecule has 0 aliphatic rings. The van der Waals surface area contributed by atoms with E-state index in [1.54, 1.807) is 0 Å². The second-order valence-electron chi connectivity index (χ2n) is 5.80. The van der Waals surface area contributed by atoms with Crippen molar-refractivity contribution in [2.45, 2.75) is 17.5 Å². The number of hydrogen-bond donors (Lipinski definition) is 3. The first-order chi connectivity index (χ1) is 13.9. The van der Waals surface area contributed by atoms with Gasteiger partial charge in [-0.3, -0.25) is 20.4 Å². The van der Waals surface area contributed by atoms with Gasteiger partial charge in [0, 0.05) is 23.6 Å². The lowest BCUT2D eigenvalue weighted by Gasteiger charge is -2.12. The van der Waals surface area contributed by atoms with Gasteiger partial charge in [0.2, 0.25) is 15.9 Å². The summed E-state index contributed by atoms with van der Waals surface area (Å²) in [6.45, 7) is -0.422. The number of hydrazine groups is 1. The van der Waals surface area contributed by atoms with E-state index in [-0.39, 0.29) is 12.0 Å². The summed E-state index contributed by atoms with van der Waals surface area (Å²) in [5.74, 6) is -1.35. The van der Waals surface area contributed by atoms with Crippen molar-refractivity contribution >= 4 is 45.0 Å². The van der Waals surface area contributed by atoms with Gasteiger partial charge in [-0.2, -0.15) is 13.2 Å². The van der Waals surface area contributed by atoms with Crippen LogP contribution < -0.4 is 15.6 Å². The number of sulfonamides is 1. The fourth-order valence-electron chi connectivity index (χ4n) is 2.13. The Kier molecular flexibility index (Phi) is 7.70. The minimum Gasteiger partial charge on any atom is -0.273 e. The predicted octanol–water partition coefficient (Wildman–Crippen LogP) is 3.14. The minimum atomic E-state index is -4.83. The molecule has 0 spiro atoms. The van der Waals surface area contributed by atoms with Crippen LogP contribution in [0.25, 0.3) is 0 Å². The zero-order valence-corrected chi connectivity index (χ0v) is 17.2. The number of hydrogen-bond acceptors (Lipinski definition) is 4. The van der Waals surface area contributed by atoms with E-state index >= 15 is 0 Å². The van der Waals surface area contributed by atoms with E-state index in [1.165, 1.54) is 24.3 Å². The largest absolute Gasteiger partial charge is 0.417 e. The van der Waals surface area contributed by atoms with Gasteiger partial charge in [-0.1, -0.05) is 23.2 Å². The number of rotatable bonds is 6. The zero-order chi connectivity index (χ0) is 22.5. The van der Waals surface area contributed by atoms with Crippen molar-refractivity contribution in [1.29, 1.82) is 0 Å². The van der Waals surface area contributed by atoms with E-state index in [9.17, 15) is 31.2 Å². The molecular weight excluding hydrogens is 470 g/mol. The van der Waals surface area contributed by atoms with Crippen LogP contribution in [0.2, 0.25) is 10.0 Å². The first-order valence-electron chi connectivity index (χ1n) is 8.11. The van der Waals surface area contributed by atoms with E-state index in [0.717, 1.165) is 12.1 Å². The standard InChI is InChI=1S/C17H14Cl2F3N3O4S/c18-11-3-1-10(2-4-11)16(27)25-24-15(26)7-8-23-30(28,29)12-5-6-14(19)13(9-12)17(20,21)22/h1-6,9,23H,7-8H2,(H,24,26)(H,25,27). The Hall–Kier alpha value is -2.34. The number of carbonyl (C=O) groups excluding carboxylic acids is 2. The Labute approximate surface area is 179 Å². The summed E-state index contributed by atoms with van der Waals surface area (Å²) in [4.78, 5) is 22.9. The molecule has 0 saturated carbocycles. The van der Waals surface area contributed by atoms with Gasteiger partial charge in [0.15, 0.2) is 0 Å². The highest BCUT2D eigenvalue weighted by Crippen LogP contribution is 2.35. The summed E-state index contributed by atoms with van der Waals surface area (Å²) in [6, 6.07) is 7.95. The average Bonchev–Trinajstić information content (AvgIpc) is 2.65. The zero-order valence-electron chi connectivity index (χ0n) is 14.9. The van der Waals surface area contributed by atoms with E-state index in [4.69, 9.17) is 23.2 Å². The van der Waals surface area contributed by atoms with Crippen molar-refractivity contribution in [2.24, 2.45) is 0 Å². The number of benzene rings is 2. The van der Waals surface area contributed by atoms with Crippen LogP contribution in [0.1, 0.15) is 22.3 Å². The monoisotopic (exact) mass is 483 g/mol. The second-order valence-corrected chi connectivity index (χ2v) is 8.41. The highest BCUT2D eigenvalue weighted by atomic mass is 35.5. The normalized spacial score (nSPS) is 11.8. The number of alkyl halides is 3. The SMILES string of the molecule is O=C(CCNS(=O)(=O)c1ccc(Cl)c(C(F)(F)F)c1)NNC(=O)c1ccc(Cl)cc1. The molecule has 3 N–H and O–H groups in total. The van der Waals surface area contributed by atoms with Crippen LogP contribution in [0.4, 0.5) is 13.2 Å². The van der Waals surface area contributed by atoms with Gasteiger partial charge in [0.25, 0.3) is 5.91 Å². The lowest BCUT2D eigenvalue weighted by Crippen LogP contribution is -2.42. The Bertz CT molecular complexity index is 1050. The highest BCUT2D eigenvalue weighted by molar-refractivity contribution is 7.89. The van der Waals surface area contributed by atoms with Crippen molar-refractivity contribution in [3.8, 4) is 0 Å². The molecule has 30 heavy (non-hydrogen) atoms. The molecule has 0 heterocycles. The van der Waals surface area contributed by atoms with Gasteiger partial charge in [-0.15, -0.1) is 0 Å². The molecule has 2 aromatic carbocycles. The number of nitrogens with one attached hydrogen (secondary N) is 3. The smallest absolute Gasteiger partial charge is 0.273 e. The maximum absolute atomic E-state index is 12.9. The van der Waals surface area contributed by atoms with Crippen molar-refractivity contribution in [1.82, 2.24) is 15.6 Å². The molecule has 2 aromatic rings. The van der Waals surface area contributed by atoms with Gasteiger partial charge < -0.3 is 0 Å². The summed E-state index contributed by atoms with van der Waals surface area (Å²) < 4.78 is 64.9.